The number of carbonyl (C=O) groups is 1. The highest BCUT2D eigenvalue weighted by molar-refractivity contribution is 8.18. The van der Waals surface area contributed by atoms with Gasteiger partial charge in [-0.25, -0.2) is 4.98 Å². The number of carbonyl (C=O) groups excluding carboxylic acids is 1. The maximum atomic E-state index is 12.6. The maximum absolute atomic E-state index is 12.6. The number of thioether (sulfide) groups is 1. The normalized spacial score (nSPS) is 17.7. The number of amides is 1. The molecule has 1 aromatic heterocycles. The molecule has 1 aliphatic heterocycles. The number of aliphatic imine (C=N–C) groups is 1. The fourth-order valence-electron chi connectivity index (χ4n) is 2.19. The van der Waals surface area contributed by atoms with E-state index in [1.807, 2.05) is 19.2 Å². The van der Waals surface area contributed by atoms with Gasteiger partial charge >= 0.3 is 0 Å². The van der Waals surface area contributed by atoms with Crippen molar-refractivity contribution in [3.8, 4) is 0 Å². The SMILES string of the molecule is CCN1C(=O)/C(=C/c2ccc([N+](=O)[O-])cc2)S/C1=N/c1nc(C)cs1. The highest BCUT2D eigenvalue weighted by Gasteiger charge is 2.32. The summed E-state index contributed by atoms with van der Waals surface area (Å²) in [5.41, 5.74) is 1.64. The van der Waals surface area contributed by atoms with Gasteiger partial charge in [0, 0.05) is 24.1 Å². The van der Waals surface area contributed by atoms with Gasteiger partial charge in [0.25, 0.3) is 11.6 Å². The van der Waals surface area contributed by atoms with Crippen LogP contribution in [0.15, 0.2) is 39.5 Å². The molecule has 0 spiro atoms. The Hall–Kier alpha value is -2.52. The molecule has 0 radical (unpaired) electrons. The highest BCUT2D eigenvalue weighted by Crippen LogP contribution is 2.34. The summed E-state index contributed by atoms with van der Waals surface area (Å²) < 4.78 is 0. The zero-order valence-electron chi connectivity index (χ0n) is 13.5. The molecule has 1 aromatic carbocycles. The molecular weight excluding hydrogens is 360 g/mol. The Kier molecular flexibility index (Phi) is 4.95. The Balaban J connectivity index is 1.88. The topological polar surface area (TPSA) is 88.7 Å². The van der Waals surface area contributed by atoms with Crippen molar-refractivity contribution in [2.75, 3.05) is 6.54 Å². The van der Waals surface area contributed by atoms with Crippen LogP contribution >= 0.6 is 23.1 Å². The van der Waals surface area contributed by atoms with Crippen molar-refractivity contribution in [3.63, 3.8) is 0 Å². The first-order chi connectivity index (χ1) is 12.0. The predicted molar refractivity (Wildman–Crippen MR) is 100.0 cm³/mol. The number of non-ortho nitro benzene ring substituents is 1. The van der Waals surface area contributed by atoms with E-state index in [1.165, 1.54) is 35.2 Å². The fraction of sp³-hybridized carbons (Fsp3) is 0.188. The predicted octanol–water partition coefficient (Wildman–Crippen LogP) is 3.98. The van der Waals surface area contributed by atoms with Gasteiger partial charge in [-0.15, -0.1) is 11.3 Å². The lowest BCUT2D eigenvalue weighted by molar-refractivity contribution is -0.384. The van der Waals surface area contributed by atoms with Crippen LogP contribution in [-0.4, -0.2) is 32.4 Å². The number of nitrogens with zero attached hydrogens (tertiary/aromatic N) is 4. The summed E-state index contributed by atoms with van der Waals surface area (Å²) in [6, 6.07) is 6.08. The van der Waals surface area contributed by atoms with Crippen molar-refractivity contribution in [1.29, 1.82) is 0 Å². The van der Waals surface area contributed by atoms with Gasteiger partial charge in [0.05, 0.1) is 15.5 Å². The number of hydrogen-bond acceptors (Lipinski definition) is 7. The molecule has 2 heterocycles. The second kappa shape index (κ2) is 7.16. The van der Waals surface area contributed by atoms with Crippen LogP contribution in [0, 0.1) is 17.0 Å². The summed E-state index contributed by atoms with van der Waals surface area (Å²) in [5, 5.41) is 13.8. The van der Waals surface area contributed by atoms with E-state index in [9.17, 15) is 14.9 Å². The number of amidine groups is 1. The van der Waals surface area contributed by atoms with Gasteiger partial charge in [0.2, 0.25) is 5.13 Å². The second-order valence-corrected chi connectivity index (χ2v) is 7.02. The van der Waals surface area contributed by atoms with Crippen LogP contribution in [-0.2, 0) is 4.79 Å². The number of nitro benzene ring substituents is 1. The number of likely N-dealkylation sites (N-methyl/N-ethyl adjacent to an activating group) is 1. The zero-order valence-corrected chi connectivity index (χ0v) is 15.1. The summed E-state index contributed by atoms with van der Waals surface area (Å²) in [7, 11) is 0. The van der Waals surface area contributed by atoms with Crippen molar-refractivity contribution in [1.82, 2.24) is 9.88 Å². The molecule has 0 aliphatic carbocycles. The van der Waals surface area contributed by atoms with Gasteiger partial charge in [-0.2, -0.15) is 4.99 Å². The number of aromatic nitrogens is 1. The van der Waals surface area contributed by atoms with E-state index in [0.717, 1.165) is 11.3 Å². The monoisotopic (exact) mass is 374 g/mol. The molecule has 1 aliphatic rings. The van der Waals surface area contributed by atoms with E-state index in [0.29, 0.717) is 21.7 Å². The third-order valence-corrected chi connectivity index (χ3v) is 5.26. The quantitative estimate of drug-likeness (QED) is 0.459. The molecule has 9 heteroatoms. The third kappa shape index (κ3) is 3.77. The summed E-state index contributed by atoms with van der Waals surface area (Å²) in [6.07, 6.45) is 1.72. The van der Waals surface area contributed by atoms with E-state index in [-0.39, 0.29) is 11.6 Å². The fourth-order valence-corrected chi connectivity index (χ4v) is 3.95. The van der Waals surface area contributed by atoms with Gasteiger partial charge in [-0.3, -0.25) is 19.8 Å². The molecule has 1 saturated heterocycles. The lowest BCUT2D eigenvalue weighted by Crippen LogP contribution is -2.28. The summed E-state index contributed by atoms with van der Waals surface area (Å²) in [4.78, 5) is 33.7. The smallest absolute Gasteiger partial charge is 0.269 e. The summed E-state index contributed by atoms with van der Waals surface area (Å²) in [6.45, 7) is 4.28. The molecule has 0 bridgehead atoms. The van der Waals surface area contributed by atoms with E-state index < -0.39 is 4.92 Å². The highest BCUT2D eigenvalue weighted by atomic mass is 32.2. The van der Waals surface area contributed by atoms with Gasteiger partial charge < -0.3 is 0 Å². The number of aryl methyl sites for hydroxylation is 1. The van der Waals surface area contributed by atoms with Crippen molar-refractivity contribution in [3.05, 3.63) is 55.9 Å². The lowest BCUT2D eigenvalue weighted by atomic mass is 10.2. The van der Waals surface area contributed by atoms with E-state index in [2.05, 4.69) is 9.98 Å². The largest absolute Gasteiger partial charge is 0.287 e. The number of benzene rings is 1. The summed E-state index contributed by atoms with van der Waals surface area (Å²) in [5.74, 6) is -0.127. The van der Waals surface area contributed by atoms with E-state index >= 15 is 0 Å². The first-order valence-corrected chi connectivity index (χ1v) is 9.14. The zero-order chi connectivity index (χ0) is 18.0. The average Bonchev–Trinajstić information content (AvgIpc) is 3.12. The molecule has 2 aromatic rings. The molecule has 0 N–H and O–H groups in total. The van der Waals surface area contributed by atoms with Crippen molar-refractivity contribution in [2.24, 2.45) is 4.99 Å². The summed E-state index contributed by atoms with van der Waals surface area (Å²) >= 11 is 2.71. The molecule has 1 fully saturated rings. The standard InChI is InChI=1S/C16H14N4O3S2/c1-3-19-14(21)13(8-11-4-6-12(7-5-11)20(22)23)25-16(19)18-15-17-10(2)9-24-15/h4-9H,3H2,1-2H3/b13-8-,18-16+. The van der Waals surface area contributed by atoms with Gasteiger partial charge in [0.1, 0.15) is 0 Å². The van der Waals surface area contributed by atoms with Crippen LogP contribution in [0.2, 0.25) is 0 Å². The first kappa shape index (κ1) is 17.3. The molecule has 7 nitrogen and oxygen atoms in total. The Morgan fingerprint density at radius 2 is 2.08 bits per heavy atom. The second-order valence-electron chi connectivity index (χ2n) is 5.17. The maximum Gasteiger partial charge on any atom is 0.269 e. The minimum Gasteiger partial charge on any atom is -0.287 e. The Morgan fingerprint density at radius 1 is 1.36 bits per heavy atom. The lowest BCUT2D eigenvalue weighted by Gasteiger charge is -2.11. The molecule has 0 atom stereocenters. The third-order valence-electron chi connectivity index (χ3n) is 3.40. The van der Waals surface area contributed by atoms with E-state index in [4.69, 9.17) is 0 Å². The minimum atomic E-state index is -0.452. The van der Waals surface area contributed by atoms with Crippen LogP contribution < -0.4 is 0 Å². The van der Waals surface area contributed by atoms with Crippen LogP contribution in [0.25, 0.3) is 6.08 Å². The Labute approximate surface area is 152 Å². The Bertz CT molecular complexity index is 887. The van der Waals surface area contributed by atoms with Gasteiger partial charge in [-0.1, -0.05) is 0 Å². The molecule has 25 heavy (non-hydrogen) atoms. The van der Waals surface area contributed by atoms with Gasteiger partial charge in [-0.05, 0) is 49.4 Å². The van der Waals surface area contributed by atoms with Crippen molar-refractivity contribution < 1.29 is 9.72 Å². The average molecular weight is 374 g/mol. The van der Waals surface area contributed by atoms with Crippen molar-refractivity contribution in [2.45, 2.75) is 13.8 Å². The Morgan fingerprint density at radius 3 is 2.64 bits per heavy atom. The van der Waals surface area contributed by atoms with Crippen LogP contribution in [0.3, 0.4) is 0 Å². The molecule has 0 unspecified atom stereocenters. The molecule has 3 rings (SSSR count). The van der Waals surface area contributed by atoms with Crippen LogP contribution in [0.1, 0.15) is 18.2 Å². The number of thiazole rings is 1. The van der Waals surface area contributed by atoms with E-state index in [1.54, 1.807) is 23.1 Å². The van der Waals surface area contributed by atoms with Crippen LogP contribution in [0.5, 0.6) is 0 Å². The number of nitro groups is 1. The number of hydrogen-bond donors (Lipinski definition) is 0. The van der Waals surface area contributed by atoms with Gasteiger partial charge in [0.15, 0.2) is 5.17 Å². The van der Waals surface area contributed by atoms with Crippen molar-refractivity contribution >= 4 is 51.1 Å². The molecule has 1 amide bonds. The minimum absolute atomic E-state index is 0.0177. The first-order valence-electron chi connectivity index (χ1n) is 7.44. The van der Waals surface area contributed by atoms with Crippen LogP contribution in [0.4, 0.5) is 10.8 Å². The number of rotatable bonds is 4. The molecular formula is C16H14N4O3S2. The molecule has 128 valence electrons. The molecule has 0 saturated carbocycles.